The van der Waals surface area contributed by atoms with E-state index in [4.69, 9.17) is 5.26 Å². The minimum Gasteiger partial charge on any atom is -0.258 e. The summed E-state index contributed by atoms with van der Waals surface area (Å²) < 4.78 is 25.0. The van der Waals surface area contributed by atoms with Crippen LogP contribution in [0.5, 0.6) is 0 Å². The Morgan fingerprint density at radius 1 is 1.69 bits per heavy atom. The summed E-state index contributed by atoms with van der Waals surface area (Å²) in [7, 11) is 0. The second-order valence-corrected chi connectivity index (χ2v) is 3.02. The van der Waals surface area contributed by atoms with Crippen molar-refractivity contribution in [3.05, 3.63) is 33.1 Å². The summed E-state index contributed by atoms with van der Waals surface area (Å²) in [5.74, 6) is 0. The molecule has 0 fully saturated rings. The van der Waals surface area contributed by atoms with Gasteiger partial charge in [0.1, 0.15) is 11.9 Å². The Morgan fingerprint density at radius 3 is 2.75 bits per heavy atom. The van der Waals surface area contributed by atoms with Crippen LogP contribution >= 0.6 is 0 Å². The van der Waals surface area contributed by atoms with E-state index in [1.165, 1.54) is 6.92 Å². The number of hydrogen-bond acceptors (Lipinski definition) is 4. The van der Waals surface area contributed by atoms with Crippen molar-refractivity contribution in [1.82, 2.24) is 4.98 Å². The van der Waals surface area contributed by atoms with Crippen molar-refractivity contribution in [2.75, 3.05) is 0 Å². The lowest BCUT2D eigenvalue weighted by atomic mass is 10.0. The van der Waals surface area contributed by atoms with Crippen molar-refractivity contribution < 1.29 is 13.7 Å². The third kappa shape index (κ3) is 2.11. The van der Waals surface area contributed by atoms with Crippen LogP contribution in [0.2, 0.25) is 0 Å². The number of rotatable bonds is 3. The zero-order valence-electron chi connectivity index (χ0n) is 8.28. The van der Waals surface area contributed by atoms with E-state index in [0.29, 0.717) is 0 Å². The van der Waals surface area contributed by atoms with Crippen LogP contribution in [0.15, 0.2) is 6.20 Å². The van der Waals surface area contributed by atoms with Crippen LogP contribution in [0.25, 0.3) is 0 Å². The second-order valence-electron chi connectivity index (χ2n) is 3.02. The molecule has 1 rings (SSSR count). The normalized spacial score (nSPS) is 10.2. The maximum absolute atomic E-state index is 12.5. The molecule has 0 aliphatic carbocycles. The van der Waals surface area contributed by atoms with Crippen molar-refractivity contribution in [3.63, 3.8) is 0 Å². The van der Waals surface area contributed by atoms with Crippen molar-refractivity contribution in [1.29, 1.82) is 5.26 Å². The van der Waals surface area contributed by atoms with Crippen molar-refractivity contribution in [2.45, 2.75) is 19.8 Å². The molecular weight excluding hydrogens is 220 g/mol. The third-order valence-electron chi connectivity index (χ3n) is 2.13. The van der Waals surface area contributed by atoms with Crippen molar-refractivity contribution in [2.24, 2.45) is 0 Å². The lowest BCUT2D eigenvalue weighted by Crippen LogP contribution is -2.04. The van der Waals surface area contributed by atoms with E-state index in [1.54, 1.807) is 6.07 Å². The van der Waals surface area contributed by atoms with Crippen LogP contribution in [-0.2, 0) is 6.42 Å². The Balaban J connectivity index is 3.42. The first-order valence-corrected chi connectivity index (χ1v) is 4.27. The molecule has 0 amide bonds. The Labute approximate surface area is 89.5 Å². The molecule has 1 heterocycles. The van der Waals surface area contributed by atoms with E-state index < -0.39 is 17.0 Å². The number of aromatic nitrogens is 1. The quantitative estimate of drug-likeness (QED) is 0.586. The average molecular weight is 227 g/mol. The van der Waals surface area contributed by atoms with Crippen LogP contribution in [0.3, 0.4) is 0 Å². The van der Waals surface area contributed by atoms with Gasteiger partial charge in [0.25, 0.3) is 12.1 Å². The van der Waals surface area contributed by atoms with Crippen LogP contribution in [0, 0.1) is 28.4 Å². The molecule has 0 radical (unpaired) electrons. The van der Waals surface area contributed by atoms with Gasteiger partial charge in [-0.2, -0.15) is 5.26 Å². The van der Waals surface area contributed by atoms with E-state index >= 15 is 0 Å². The van der Waals surface area contributed by atoms with Gasteiger partial charge in [-0.15, -0.1) is 0 Å². The number of hydrogen-bond donors (Lipinski definition) is 0. The van der Waals surface area contributed by atoms with Crippen LogP contribution in [0.4, 0.5) is 14.5 Å². The molecule has 0 unspecified atom stereocenters. The zero-order valence-corrected chi connectivity index (χ0v) is 8.28. The molecule has 0 atom stereocenters. The zero-order chi connectivity index (χ0) is 12.3. The highest BCUT2D eigenvalue weighted by Crippen LogP contribution is 2.28. The fourth-order valence-corrected chi connectivity index (χ4v) is 1.33. The van der Waals surface area contributed by atoms with Gasteiger partial charge in [0.2, 0.25) is 0 Å². The SMILES string of the molecule is Cc1c([N+](=O)[O-])cnc(C(F)F)c1CC#N. The molecule has 5 nitrogen and oxygen atoms in total. The highest BCUT2D eigenvalue weighted by molar-refractivity contribution is 5.46. The highest BCUT2D eigenvalue weighted by atomic mass is 19.3. The first-order valence-electron chi connectivity index (χ1n) is 4.27. The van der Waals surface area contributed by atoms with Gasteiger partial charge in [0.05, 0.1) is 17.4 Å². The van der Waals surface area contributed by atoms with Crippen molar-refractivity contribution >= 4 is 5.69 Å². The van der Waals surface area contributed by atoms with Gasteiger partial charge >= 0.3 is 0 Å². The number of pyridine rings is 1. The summed E-state index contributed by atoms with van der Waals surface area (Å²) in [5, 5.41) is 19.0. The second kappa shape index (κ2) is 4.61. The maximum Gasteiger partial charge on any atom is 0.290 e. The standard InChI is InChI=1S/C9H7F2N3O2/c1-5-6(2-3-12)8(9(10)11)13-4-7(5)14(15)16/h4,9H,2H2,1H3. The van der Waals surface area contributed by atoms with Crippen LogP contribution in [0.1, 0.15) is 23.2 Å². The molecule has 1 aromatic rings. The topological polar surface area (TPSA) is 79.8 Å². The maximum atomic E-state index is 12.5. The van der Waals surface area contributed by atoms with E-state index in [2.05, 4.69) is 4.98 Å². The molecule has 0 aliphatic rings. The smallest absolute Gasteiger partial charge is 0.258 e. The lowest BCUT2D eigenvalue weighted by Gasteiger charge is -2.08. The fourth-order valence-electron chi connectivity index (χ4n) is 1.33. The summed E-state index contributed by atoms with van der Waals surface area (Å²) in [6, 6.07) is 1.69. The predicted octanol–water partition coefficient (Wildman–Crippen LogP) is 2.30. The summed E-state index contributed by atoms with van der Waals surface area (Å²) in [6.07, 6.45) is -2.37. The Bertz CT molecular complexity index is 469. The van der Waals surface area contributed by atoms with E-state index in [1.807, 2.05) is 0 Å². The van der Waals surface area contributed by atoms with E-state index in [9.17, 15) is 18.9 Å². The van der Waals surface area contributed by atoms with E-state index in [-0.39, 0.29) is 23.2 Å². The molecule has 1 aromatic heterocycles. The van der Waals surface area contributed by atoms with Crippen molar-refractivity contribution in [3.8, 4) is 6.07 Å². The molecular formula is C9H7F2N3O2. The molecule has 0 aromatic carbocycles. The fraction of sp³-hybridized carbons (Fsp3) is 0.333. The van der Waals surface area contributed by atoms with Gasteiger partial charge in [-0.1, -0.05) is 0 Å². The number of halogens is 2. The summed E-state index contributed by atoms with van der Waals surface area (Å²) in [6.45, 7) is 1.33. The highest BCUT2D eigenvalue weighted by Gasteiger charge is 2.22. The number of alkyl halides is 2. The number of nitrogens with zero attached hydrogens (tertiary/aromatic N) is 3. The Hall–Kier alpha value is -2.10. The molecule has 0 saturated heterocycles. The largest absolute Gasteiger partial charge is 0.290 e. The predicted molar refractivity (Wildman–Crippen MR) is 49.9 cm³/mol. The van der Waals surface area contributed by atoms with E-state index in [0.717, 1.165) is 6.20 Å². The van der Waals surface area contributed by atoms with Gasteiger partial charge in [-0.25, -0.2) is 13.8 Å². The summed E-state index contributed by atoms with van der Waals surface area (Å²) >= 11 is 0. The van der Waals surface area contributed by atoms with Crippen LogP contribution < -0.4 is 0 Å². The summed E-state index contributed by atoms with van der Waals surface area (Å²) in [5.41, 5.74) is -0.914. The van der Waals surface area contributed by atoms with Gasteiger partial charge in [0, 0.05) is 11.1 Å². The summed E-state index contributed by atoms with van der Waals surface area (Å²) in [4.78, 5) is 13.2. The lowest BCUT2D eigenvalue weighted by molar-refractivity contribution is -0.385. The Kier molecular flexibility index (Phi) is 3.45. The first-order chi connectivity index (χ1) is 7.49. The first kappa shape index (κ1) is 12.0. The molecule has 0 aliphatic heterocycles. The van der Waals surface area contributed by atoms with Gasteiger partial charge in [-0.05, 0) is 6.92 Å². The van der Waals surface area contributed by atoms with Gasteiger partial charge in [0.15, 0.2) is 0 Å². The average Bonchev–Trinajstić information content (AvgIpc) is 2.20. The molecule has 16 heavy (non-hydrogen) atoms. The molecule has 0 saturated carbocycles. The third-order valence-corrected chi connectivity index (χ3v) is 2.13. The number of nitriles is 1. The monoisotopic (exact) mass is 227 g/mol. The van der Waals surface area contributed by atoms with Crippen LogP contribution in [-0.4, -0.2) is 9.91 Å². The Morgan fingerprint density at radius 2 is 2.31 bits per heavy atom. The molecule has 84 valence electrons. The van der Waals surface area contributed by atoms with Gasteiger partial charge in [-0.3, -0.25) is 10.1 Å². The molecule has 0 N–H and O–H groups in total. The molecule has 0 bridgehead atoms. The van der Waals surface area contributed by atoms with Gasteiger partial charge < -0.3 is 0 Å². The minimum absolute atomic E-state index is 0.0632. The minimum atomic E-state index is -2.84. The number of nitro groups is 1. The molecule has 7 heteroatoms. The molecule has 0 spiro atoms.